The lowest BCUT2D eigenvalue weighted by Gasteiger charge is -2.06. The number of nitrogens with two attached hydrogens (primary N) is 1. The minimum Gasteiger partial charge on any atom is -0.329 e. The molecule has 0 bridgehead atoms. The summed E-state index contributed by atoms with van der Waals surface area (Å²) in [6.07, 6.45) is 3.48. The molecule has 1 heterocycles. The zero-order chi connectivity index (χ0) is 10.7. The zero-order valence-corrected chi connectivity index (χ0v) is 8.23. The lowest BCUT2D eigenvalue weighted by Crippen LogP contribution is -2.09. The highest BCUT2D eigenvalue weighted by atomic mass is 19.1. The Balaban J connectivity index is 2.36. The molecule has 0 amide bonds. The first-order chi connectivity index (χ1) is 7.31. The number of rotatable bonds is 3. The maximum absolute atomic E-state index is 12.7. The van der Waals surface area contributed by atoms with E-state index in [0.29, 0.717) is 13.1 Å². The van der Waals surface area contributed by atoms with E-state index in [1.54, 1.807) is 24.7 Å². The summed E-state index contributed by atoms with van der Waals surface area (Å²) in [5, 5.41) is 0. The van der Waals surface area contributed by atoms with Crippen LogP contribution in [0.25, 0.3) is 11.3 Å². The first kappa shape index (κ1) is 9.86. The number of nitrogens with zero attached hydrogens (tertiary/aromatic N) is 2. The molecule has 0 saturated heterocycles. The summed E-state index contributed by atoms with van der Waals surface area (Å²) in [6.45, 7) is 1.28. The Bertz CT molecular complexity index is 433. The Morgan fingerprint density at radius 3 is 2.67 bits per heavy atom. The molecule has 2 N–H and O–H groups in total. The molecule has 0 radical (unpaired) electrons. The predicted octanol–water partition coefficient (Wildman–Crippen LogP) is 1.65. The van der Waals surface area contributed by atoms with Gasteiger partial charge in [-0.15, -0.1) is 0 Å². The standard InChI is InChI=1S/C11H12FN3/c12-10-3-1-9(2-4-10)11-7-14-8-15(11)6-5-13/h1-4,7-8H,5-6,13H2. The van der Waals surface area contributed by atoms with Gasteiger partial charge in [0.05, 0.1) is 18.2 Å². The SMILES string of the molecule is NCCn1cncc1-c1ccc(F)cc1. The first-order valence-corrected chi connectivity index (χ1v) is 4.77. The minimum atomic E-state index is -0.233. The van der Waals surface area contributed by atoms with Gasteiger partial charge in [-0.3, -0.25) is 0 Å². The normalized spacial score (nSPS) is 10.5. The van der Waals surface area contributed by atoms with Crippen LogP contribution in [0.5, 0.6) is 0 Å². The van der Waals surface area contributed by atoms with Crippen molar-refractivity contribution >= 4 is 0 Å². The van der Waals surface area contributed by atoms with Crippen molar-refractivity contribution in [2.24, 2.45) is 5.73 Å². The Morgan fingerprint density at radius 2 is 2.00 bits per heavy atom. The fourth-order valence-corrected chi connectivity index (χ4v) is 1.50. The Morgan fingerprint density at radius 1 is 1.27 bits per heavy atom. The third-order valence-electron chi connectivity index (χ3n) is 2.22. The van der Waals surface area contributed by atoms with Crippen molar-refractivity contribution < 1.29 is 4.39 Å². The van der Waals surface area contributed by atoms with Gasteiger partial charge in [-0.05, 0) is 29.8 Å². The minimum absolute atomic E-state index is 0.233. The van der Waals surface area contributed by atoms with Crippen molar-refractivity contribution in [3.63, 3.8) is 0 Å². The summed E-state index contributed by atoms with van der Waals surface area (Å²) in [6, 6.07) is 6.35. The van der Waals surface area contributed by atoms with Gasteiger partial charge in [0, 0.05) is 13.1 Å². The van der Waals surface area contributed by atoms with Gasteiger partial charge in [0.25, 0.3) is 0 Å². The van der Waals surface area contributed by atoms with E-state index in [1.165, 1.54) is 12.1 Å². The topological polar surface area (TPSA) is 43.8 Å². The van der Waals surface area contributed by atoms with Crippen LogP contribution in [0.4, 0.5) is 4.39 Å². The van der Waals surface area contributed by atoms with Crippen molar-refractivity contribution in [1.82, 2.24) is 9.55 Å². The van der Waals surface area contributed by atoms with Gasteiger partial charge in [-0.2, -0.15) is 0 Å². The summed E-state index contributed by atoms with van der Waals surface area (Å²) in [4.78, 5) is 4.05. The molecule has 1 aromatic carbocycles. The molecule has 0 spiro atoms. The number of imidazole rings is 1. The third kappa shape index (κ3) is 2.05. The summed E-state index contributed by atoms with van der Waals surface area (Å²) in [5.74, 6) is -0.233. The largest absolute Gasteiger partial charge is 0.329 e. The van der Waals surface area contributed by atoms with Gasteiger partial charge in [0.2, 0.25) is 0 Å². The quantitative estimate of drug-likeness (QED) is 0.828. The van der Waals surface area contributed by atoms with E-state index in [9.17, 15) is 4.39 Å². The Labute approximate surface area is 87.4 Å². The fourth-order valence-electron chi connectivity index (χ4n) is 1.50. The van der Waals surface area contributed by atoms with Gasteiger partial charge in [-0.1, -0.05) is 0 Å². The molecule has 0 saturated carbocycles. The average molecular weight is 205 g/mol. The second-order valence-electron chi connectivity index (χ2n) is 3.27. The van der Waals surface area contributed by atoms with E-state index < -0.39 is 0 Å². The first-order valence-electron chi connectivity index (χ1n) is 4.77. The smallest absolute Gasteiger partial charge is 0.123 e. The molecule has 2 rings (SSSR count). The second kappa shape index (κ2) is 4.23. The maximum Gasteiger partial charge on any atom is 0.123 e. The molecular formula is C11H12FN3. The predicted molar refractivity (Wildman–Crippen MR) is 56.7 cm³/mol. The van der Waals surface area contributed by atoms with E-state index in [0.717, 1.165) is 11.3 Å². The van der Waals surface area contributed by atoms with Crippen molar-refractivity contribution in [2.45, 2.75) is 6.54 Å². The van der Waals surface area contributed by atoms with Crippen LogP contribution in [-0.2, 0) is 6.54 Å². The van der Waals surface area contributed by atoms with Crippen molar-refractivity contribution in [3.8, 4) is 11.3 Å². The van der Waals surface area contributed by atoms with Crippen LogP contribution in [0.3, 0.4) is 0 Å². The summed E-state index contributed by atoms with van der Waals surface area (Å²) < 4.78 is 14.7. The molecule has 78 valence electrons. The van der Waals surface area contributed by atoms with Crippen LogP contribution in [0, 0.1) is 5.82 Å². The van der Waals surface area contributed by atoms with Crippen LogP contribution in [0.2, 0.25) is 0 Å². The van der Waals surface area contributed by atoms with E-state index in [4.69, 9.17) is 5.73 Å². The van der Waals surface area contributed by atoms with Crippen LogP contribution in [0.1, 0.15) is 0 Å². The third-order valence-corrected chi connectivity index (χ3v) is 2.22. The maximum atomic E-state index is 12.7. The molecule has 0 unspecified atom stereocenters. The van der Waals surface area contributed by atoms with Gasteiger partial charge in [0.1, 0.15) is 5.82 Å². The molecule has 1 aromatic heterocycles. The molecule has 0 aliphatic carbocycles. The van der Waals surface area contributed by atoms with E-state index in [-0.39, 0.29) is 5.82 Å². The van der Waals surface area contributed by atoms with Gasteiger partial charge in [0.15, 0.2) is 0 Å². The van der Waals surface area contributed by atoms with Gasteiger partial charge < -0.3 is 10.3 Å². The zero-order valence-electron chi connectivity index (χ0n) is 8.23. The van der Waals surface area contributed by atoms with Crippen LogP contribution >= 0.6 is 0 Å². The molecule has 3 nitrogen and oxygen atoms in total. The highest BCUT2D eigenvalue weighted by molar-refractivity contribution is 5.58. The molecule has 4 heteroatoms. The molecule has 0 fully saturated rings. The molecule has 0 aliphatic rings. The number of aromatic nitrogens is 2. The number of hydrogen-bond acceptors (Lipinski definition) is 2. The fraction of sp³-hybridized carbons (Fsp3) is 0.182. The Kier molecular flexibility index (Phi) is 2.78. The van der Waals surface area contributed by atoms with Crippen molar-refractivity contribution in [2.75, 3.05) is 6.54 Å². The van der Waals surface area contributed by atoms with Gasteiger partial charge in [-0.25, -0.2) is 9.37 Å². The highest BCUT2D eigenvalue weighted by Crippen LogP contribution is 2.18. The van der Waals surface area contributed by atoms with E-state index in [1.807, 2.05) is 4.57 Å². The van der Waals surface area contributed by atoms with Crippen molar-refractivity contribution in [3.05, 3.63) is 42.6 Å². The highest BCUT2D eigenvalue weighted by Gasteiger charge is 2.03. The second-order valence-corrected chi connectivity index (χ2v) is 3.27. The van der Waals surface area contributed by atoms with Gasteiger partial charge >= 0.3 is 0 Å². The molecular weight excluding hydrogens is 193 g/mol. The lowest BCUT2D eigenvalue weighted by molar-refractivity contribution is 0.628. The number of benzene rings is 1. The van der Waals surface area contributed by atoms with E-state index in [2.05, 4.69) is 4.98 Å². The average Bonchev–Trinajstić information content (AvgIpc) is 2.68. The number of hydrogen-bond donors (Lipinski definition) is 1. The van der Waals surface area contributed by atoms with Crippen LogP contribution in [-0.4, -0.2) is 16.1 Å². The van der Waals surface area contributed by atoms with Crippen LogP contribution < -0.4 is 5.73 Å². The summed E-state index contributed by atoms with van der Waals surface area (Å²) >= 11 is 0. The molecule has 15 heavy (non-hydrogen) atoms. The summed E-state index contributed by atoms with van der Waals surface area (Å²) in [5.41, 5.74) is 7.39. The molecule has 0 atom stereocenters. The van der Waals surface area contributed by atoms with Crippen molar-refractivity contribution in [1.29, 1.82) is 0 Å². The molecule has 0 aliphatic heterocycles. The molecule has 2 aromatic rings. The van der Waals surface area contributed by atoms with E-state index >= 15 is 0 Å². The van der Waals surface area contributed by atoms with Crippen LogP contribution in [0.15, 0.2) is 36.8 Å². The lowest BCUT2D eigenvalue weighted by atomic mass is 10.1. The number of halogens is 1. The summed E-state index contributed by atoms with van der Waals surface area (Å²) in [7, 11) is 0. The monoisotopic (exact) mass is 205 g/mol. The Hall–Kier alpha value is -1.68.